The van der Waals surface area contributed by atoms with Crippen molar-refractivity contribution in [1.29, 1.82) is 0 Å². The van der Waals surface area contributed by atoms with E-state index in [0.29, 0.717) is 13.0 Å². The van der Waals surface area contributed by atoms with Gasteiger partial charge in [0.25, 0.3) is 0 Å². The van der Waals surface area contributed by atoms with Gasteiger partial charge in [-0.3, -0.25) is 4.79 Å². The van der Waals surface area contributed by atoms with Crippen molar-refractivity contribution in [1.82, 2.24) is 5.32 Å². The van der Waals surface area contributed by atoms with Crippen LogP contribution in [0.3, 0.4) is 0 Å². The molecule has 2 rings (SSSR count). The van der Waals surface area contributed by atoms with E-state index >= 15 is 0 Å². The first-order valence-corrected chi connectivity index (χ1v) is 7.50. The zero-order valence-corrected chi connectivity index (χ0v) is 12.1. The Hall–Kier alpha value is -0.390. The third-order valence-corrected chi connectivity index (χ3v) is 4.94. The van der Waals surface area contributed by atoms with Crippen LogP contribution in [-0.2, 0) is 11.2 Å². The summed E-state index contributed by atoms with van der Waals surface area (Å²) in [6.45, 7) is 0.548. The van der Waals surface area contributed by atoms with Gasteiger partial charge in [-0.05, 0) is 40.9 Å². The number of amides is 1. The van der Waals surface area contributed by atoms with E-state index in [-0.39, 0.29) is 11.4 Å². The second-order valence-electron chi connectivity index (χ2n) is 4.62. The maximum atomic E-state index is 12.0. The molecule has 5 heteroatoms. The Labute approximate surface area is 114 Å². The van der Waals surface area contributed by atoms with Gasteiger partial charge in [-0.25, -0.2) is 0 Å². The van der Waals surface area contributed by atoms with Gasteiger partial charge >= 0.3 is 0 Å². The summed E-state index contributed by atoms with van der Waals surface area (Å²) in [4.78, 5) is 13.0. The van der Waals surface area contributed by atoms with E-state index in [2.05, 4.69) is 21.2 Å². The molecule has 0 spiro atoms. The SMILES string of the molecule is NCC1(NC(=O)Cc2ccc(Br)s2)CCCC1. The highest BCUT2D eigenvalue weighted by Gasteiger charge is 2.33. The molecule has 3 nitrogen and oxygen atoms in total. The Morgan fingerprint density at radius 2 is 2.18 bits per heavy atom. The Morgan fingerprint density at radius 3 is 2.71 bits per heavy atom. The fourth-order valence-electron chi connectivity index (χ4n) is 2.38. The van der Waals surface area contributed by atoms with Gasteiger partial charge in [-0.1, -0.05) is 12.8 Å². The van der Waals surface area contributed by atoms with E-state index in [1.165, 1.54) is 12.8 Å². The number of hydrogen-bond acceptors (Lipinski definition) is 3. The Kier molecular flexibility index (Phi) is 4.22. The molecule has 94 valence electrons. The highest BCUT2D eigenvalue weighted by Crippen LogP contribution is 2.29. The molecule has 1 amide bonds. The number of carbonyl (C=O) groups excluding carboxylic acids is 1. The van der Waals surface area contributed by atoms with Crippen LogP contribution in [0.2, 0.25) is 0 Å². The van der Waals surface area contributed by atoms with Crippen molar-refractivity contribution in [3.8, 4) is 0 Å². The molecular formula is C12H17BrN2OS. The van der Waals surface area contributed by atoms with Crippen LogP contribution in [0.1, 0.15) is 30.6 Å². The van der Waals surface area contributed by atoms with Gasteiger partial charge in [-0.15, -0.1) is 11.3 Å². The highest BCUT2D eigenvalue weighted by atomic mass is 79.9. The Bertz CT molecular complexity index is 399. The van der Waals surface area contributed by atoms with Gasteiger partial charge in [0.05, 0.1) is 15.7 Å². The van der Waals surface area contributed by atoms with E-state index < -0.39 is 0 Å². The molecule has 3 N–H and O–H groups in total. The maximum absolute atomic E-state index is 12.0. The fourth-order valence-corrected chi connectivity index (χ4v) is 3.86. The lowest BCUT2D eigenvalue weighted by atomic mass is 9.97. The molecule has 0 aromatic carbocycles. The first kappa shape index (κ1) is 13.1. The maximum Gasteiger partial charge on any atom is 0.225 e. The van der Waals surface area contributed by atoms with E-state index in [4.69, 9.17) is 5.73 Å². The summed E-state index contributed by atoms with van der Waals surface area (Å²) in [6.07, 6.45) is 4.83. The molecule has 17 heavy (non-hydrogen) atoms. The van der Waals surface area contributed by atoms with Crippen LogP contribution >= 0.6 is 27.3 Å². The number of rotatable bonds is 4. The first-order chi connectivity index (χ1) is 8.13. The molecule has 0 radical (unpaired) electrons. The van der Waals surface area contributed by atoms with Crippen LogP contribution in [0.5, 0.6) is 0 Å². The van der Waals surface area contributed by atoms with Crippen LogP contribution in [0, 0.1) is 0 Å². The van der Waals surface area contributed by atoms with Crippen molar-refractivity contribution in [3.63, 3.8) is 0 Å². The van der Waals surface area contributed by atoms with Crippen molar-refractivity contribution in [2.75, 3.05) is 6.54 Å². The minimum absolute atomic E-state index is 0.0895. The summed E-state index contributed by atoms with van der Waals surface area (Å²) in [5.74, 6) is 0.0895. The summed E-state index contributed by atoms with van der Waals surface area (Å²) in [7, 11) is 0. The third-order valence-electron chi connectivity index (χ3n) is 3.32. The van der Waals surface area contributed by atoms with Crippen molar-refractivity contribution >= 4 is 33.2 Å². The molecule has 1 aliphatic carbocycles. The summed E-state index contributed by atoms with van der Waals surface area (Å²) >= 11 is 5.01. The lowest BCUT2D eigenvalue weighted by molar-refractivity contribution is -0.122. The summed E-state index contributed by atoms with van der Waals surface area (Å²) in [5.41, 5.74) is 5.66. The van der Waals surface area contributed by atoms with Gasteiger partial charge in [0, 0.05) is 11.4 Å². The van der Waals surface area contributed by atoms with Crippen molar-refractivity contribution < 1.29 is 4.79 Å². The average molecular weight is 317 g/mol. The van der Waals surface area contributed by atoms with Gasteiger partial charge in [-0.2, -0.15) is 0 Å². The summed E-state index contributed by atoms with van der Waals surface area (Å²) in [5, 5.41) is 3.13. The lowest BCUT2D eigenvalue weighted by Gasteiger charge is -2.28. The highest BCUT2D eigenvalue weighted by molar-refractivity contribution is 9.11. The molecule has 1 aromatic rings. The van der Waals surface area contributed by atoms with Gasteiger partial charge in [0.1, 0.15) is 0 Å². The molecule has 0 aliphatic heterocycles. The summed E-state index contributed by atoms with van der Waals surface area (Å²) in [6, 6.07) is 3.96. The van der Waals surface area contributed by atoms with Crippen LogP contribution in [0.4, 0.5) is 0 Å². The van der Waals surface area contributed by atoms with Crippen molar-refractivity contribution in [3.05, 3.63) is 20.8 Å². The molecule has 1 fully saturated rings. The quantitative estimate of drug-likeness (QED) is 0.896. The minimum atomic E-state index is -0.133. The monoisotopic (exact) mass is 316 g/mol. The largest absolute Gasteiger partial charge is 0.349 e. The Balaban J connectivity index is 1.92. The van der Waals surface area contributed by atoms with Crippen molar-refractivity contribution in [2.24, 2.45) is 5.73 Å². The fraction of sp³-hybridized carbons (Fsp3) is 0.583. The lowest BCUT2D eigenvalue weighted by Crippen LogP contribution is -2.52. The second-order valence-corrected chi connectivity index (χ2v) is 7.17. The zero-order chi connectivity index (χ0) is 12.3. The number of halogens is 1. The number of nitrogens with one attached hydrogen (secondary N) is 1. The number of carbonyl (C=O) groups is 1. The normalized spacial score (nSPS) is 18.2. The molecule has 0 bridgehead atoms. The van der Waals surface area contributed by atoms with Gasteiger partial charge in [0.15, 0.2) is 0 Å². The molecule has 1 saturated carbocycles. The third kappa shape index (κ3) is 3.30. The predicted octanol–water partition coefficient (Wildman–Crippen LogP) is 2.44. The van der Waals surface area contributed by atoms with E-state index in [1.54, 1.807) is 11.3 Å². The van der Waals surface area contributed by atoms with E-state index in [1.807, 2.05) is 12.1 Å². The first-order valence-electron chi connectivity index (χ1n) is 5.89. The van der Waals surface area contributed by atoms with Gasteiger partial charge < -0.3 is 11.1 Å². The standard InChI is InChI=1S/C12H17BrN2OS/c13-10-4-3-9(17-10)7-11(16)15-12(8-14)5-1-2-6-12/h3-4H,1-2,5-8,14H2,(H,15,16). The average Bonchev–Trinajstić information content (AvgIpc) is 2.89. The van der Waals surface area contributed by atoms with Crippen LogP contribution in [0.15, 0.2) is 15.9 Å². The molecule has 0 atom stereocenters. The predicted molar refractivity (Wildman–Crippen MR) is 74.1 cm³/mol. The van der Waals surface area contributed by atoms with E-state index in [9.17, 15) is 4.79 Å². The second kappa shape index (κ2) is 5.50. The topological polar surface area (TPSA) is 55.1 Å². The van der Waals surface area contributed by atoms with Crippen LogP contribution in [-0.4, -0.2) is 18.0 Å². The molecule has 0 saturated heterocycles. The van der Waals surface area contributed by atoms with Crippen LogP contribution in [0.25, 0.3) is 0 Å². The molecule has 1 aliphatic rings. The molecule has 0 unspecified atom stereocenters. The smallest absolute Gasteiger partial charge is 0.225 e. The number of thiophene rings is 1. The summed E-state index contributed by atoms with van der Waals surface area (Å²) < 4.78 is 1.06. The molecular weight excluding hydrogens is 300 g/mol. The van der Waals surface area contributed by atoms with Crippen LogP contribution < -0.4 is 11.1 Å². The zero-order valence-electron chi connectivity index (χ0n) is 9.67. The molecule has 1 heterocycles. The van der Waals surface area contributed by atoms with Crippen molar-refractivity contribution in [2.45, 2.75) is 37.6 Å². The number of nitrogens with two attached hydrogens (primary N) is 1. The van der Waals surface area contributed by atoms with Gasteiger partial charge in [0.2, 0.25) is 5.91 Å². The Morgan fingerprint density at radius 1 is 1.47 bits per heavy atom. The van der Waals surface area contributed by atoms with E-state index in [0.717, 1.165) is 21.5 Å². The number of hydrogen-bond donors (Lipinski definition) is 2. The molecule has 1 aromatic heterocycles. The minimum Gasteiger partial charge on any atom is -0.349 e.